The summed E-state index contributed by atoms with van der Waals surface area (Å²) in [6.45, 7) is 0.852. The van der Waals surface area contributed by atoms with Crippen LogP contribution in [0.15, 0.2) is 0 Å². The fourth-order valence-electron chi connectivity index (χ4n) is 3.56. The molecule has 2 N–H and O–H groups in total. The first kappa shape index (κ1) is 13.3. The van der Waals surface area contributed by atoms with Crippen molar-refractivity contribution in [2.75, 3.05) is 6.54 Å². The lowest BCUT2D eigenvalue weighted by molar-refractivity contribution is 0.0986. The zero-order chi connectivity index (χ0) is 12.1. The standard InChI is InChI=1S/C14H26N2S/c15-14(17)11-16(12-7-3-1-4-8-12)13-9-5-2-6-10-13/h12-13H,1-11H2,(H2,15,17). The Labute approximate surface area is 111 Å². The van der Waals surface area contributed by atoms with Crippen molar-refractivity contribution in [2.45, 2.75) is 76.3 Å². The summed E-state index contributed by atoms with van der Waals surface area (Å²) in [6, 6.07) is 1.52. The molecule has 2 aliphatic rings. The summed E-state index contributed by atoms with van der Waals surface area (Å²) in [5.74, 6) is 0. The van der Waals surface area contributed by atoms with Gasteiger partial charge in [-0.15, -0.1) is 0 Å². The van der Waals surface area contributed by atoms with Gasteiger partial charge in [-0.2, -0.15) is 0 Å². The Balaban J connectivity index is 1.97. The monoisotopic (exact) mass is 254 g/mol. The van der Waals surface area contributed by atoms with Crippen molar-refractivity contribution < 1.29 is 0 Å². The maximum absolute atomic E-state index is 5.80. The molecule has 2 nitrogen and oxygen atoms in total. The summed E-state index contributed by atoms with van der Waals surface area (Å²) in [6.07, 6.45) is 13.9. The topological polar surface area (TPSA) is 29.3 Å². The molecule has 0 amide bonds. The third-order valence-corrected chi connectivity index (χ3v) is 4.55. The maximum Gasteiger partial charge on any atom is 0.0870 e. The number of nitrogens with zero attached hydrogens (tertiary/aromatic N) is 1. The van der Waals surface area contributed by atoms with E-state index in [-0.39, 0.29) is 0 Å². The lowest BCUT2D eigenvalue weighted by Gasteiger charge is -2.41. The predicted octanol–water partition coefficient (Wildman–Crippen LogP) is 3.24. The van der Waals surface area contributed by atoms with E-state index in [2.05, 4.69) is 4.90 Å². The van der Waals surface area contributed by atoms with Gasteiger partial charge in [-0.05, 0) is 25.7 Å². The highest BCUT2D eigenvalue weighted by atomic mass is 32.1. The van der Waals surface area contributed by atoms with E-state index in [1.54, 1.807) is 0 Å². The van der Waals surface area contributed by atoms with E-state index >= 15 is 0 Å². The third kappa shape index (κ3) is 3.92. The molecule has 2 fully saturated rings. The van der Waals surface area contributed by atoms with Crippen LogP contribution in [-0.2, 0) is 0 Å². The molecule has 2 saturated carbocycles. The molecule has 2 aliphatic carbocycles. The molecule has 0 aromatic rings. The van der Waals surface area contributed by atoms with Crippen LogP contribution in [0.2, 0.25) is 0 Å². The first-order valence-electron chi connectivity index (χ1n) is 7.31. The van der Waals surface area contributed by atoms with Crippen LogP contribution in [-0.4, -0.2) is 28.5 Å². The van der Waals surface area contributed by atoms with Crippen molar-refractivity contribution in [3.8, 4) is 0 Å². The van der Waals surface area contributed by atoms with E-state index in [0.29, 0.717) is 4.99 Å². The van der Waals surface area contributed by atoms with Gasteiger partial charge in [0.05, 0.1) is 4.99 Å². The van der Waals surface area contributed by atoms with Gasteiger partial charge in [0.1, 0.15) is 0 Å². The van der Waals surface area contributed by atoms with Crippen molar-refractivity contribution in [2.24, 2.45) is 5.73 Å². The number of rotatable bonds is 4. The van der Waals surface area contributed by atoms with E-state index in [4.69, 9.17) is 18.0 Å². The molecule has 0 spiro atoms. The van der Waals surface area contributed by atoms with Gasteiger partial charge in [-0.25, -0.2) is 0 Å². The lowest BCUT2D eigenvalue weighted by atomic mass is 9.88. The van der Waals surface area contributed by atoms with Crippen molar-refractivity contribution in [3.05, 3.63) is 0 Å². The third-order valence-electron chi connectivity index (χ3n) is 4.43. The SMILES string of the molecule is NC(=S)CN(C1CCCCC1)C1CCCCC1. The molecular weight excluding hydrogens is 228 g/mol. The molecule has 0 aromatic heterocycles. The van der Waals surface area contributed by atoms with Gasteiger partial charge in [0.2, 0.25) is 0 Å². The van der Waals surface area contributed by atoms with Crippen LogP contribution in [0.4, 0.5) is 0 Å². The van der Waals surface area contributed by atoms with E-state index in [1.807, 2.05) is 0 Å². The Morgan fingerprint density at radius 2 is 1.29 bits per heavy atom. The second-order valence-electron chi connectivity index (χ2n) is 5.72. The van der Waals surface area contributed by atoms with Crippen LogP contribution in [0.3, 0.4) is 0 Å². The first-order chi connectivity index (χ1) is 8.27. The molecular formula is C14H26N2S. The number of thiocarbonyl (C=S) groups is 1. The summed E-state index contributed by atoms with van der Waals surface area (Å²) in [4.78, 5) is 3.34. The van der Waals surface area contributed by atoms with Crippen molar-refractivity contribution >= 4 is 17.2 Å². The molecule has 0 heterocycles. The van der Waals surface area contributed by atoms with E-state index in [9.17, 15) is 0 Å². The highest BCUT2D eigenvalue weighted by Crippen LogP contribution is 2.29. The average molecular weight is 254 g/mol. The Morgan fingerprint density at radius 3 is 1.65 bits per heavy atom. The summed E-state index contributed by atoms with van der Waals surface area (Å²) < 4.78 is 0. The minimum absolute atomic E-state index is 0.682. The second-order valence-corrected chi connectivity index (χ2v) is 6.25. The number of hydrogen-bond acceptors (Lipinski definition) is 2. The lowest BCUT2D eigenvalue weighted by Crippen LogP contribution is -2.48. The van der Waals surface area contributed by atoms with Crippen LogP contribution in [0, 0.1) is 0 Å². The molecule has 0 saturated heterocycles. The molecule has 17 heavy (non-hydrogen) atoms. The van der Waals surface area contributed by atoms with Crippen LogP contribution in [0.25, 0.3) is 0 Å². The van der Waals surface area contributed by atoms with Gasteiger partial charge >= 0.3 is 0 Å². The largest absolute Gasteiger partial charge is 0.392 e. The Bertz CT molecular complexity index is 225. The fraction of sp³-hybridized carbons (Fsp3) is 0.929. The smallest absolute Gasteiger partial charge is 0.0870 e. The second kappa shape index (κ2) is 6.69. The Morgan fingerprint density at radius 1 is 0.882 bits per heavy atom. The summed E-state index contributed by atoms with van der Waals surface area (Å²) in [7, 11) is 0. The normalized spacial score (nSPS) is 24.1. The molecule has 0 radical (unpaired) electrons. The predicted molar refractivity (Wildman–Crippen MR) is 77.2 cm³/mol. The summed E-state index contributed by atoms with van der Waals surface area (Å²) >= 11 is 5.15. The van der Waals surface area contributed by atoms with E-state index in [0.717, 1.165) is 18.6 Å². The first-order valence-corrected chi connectivity index (χ1v) is 7.72. The van der Waals surface area contributed by atoms with Crippen LogP contribution in [0.1, 0.15) is 64.2 Å². The minimum atomic E-state index is 0.682. The van der Waals surface area contributed by atoms with Crippen molar-refractivity contribution in [3.63, 3.8) is 0 Å². The van der Waals surface area contributed by atoms with Gasteiger partial charge in [0, 0.05) is 18.6 Å². The summed E-state index contributed by atoms with van der Waals surface area (Å²) in [5, 5.41) is 0. The molecule has 0 aromatic carbocycles. The van der Waals surface area contributed by atoms with Crippen LogP contribution < -0.4 is 5.73 Å². The Kier molecular flexibility index (Phi) is 5.23. The minimum Gasteiger partial charge on any atom is -0.392 e. The Hall–Kier alpha value is -0.150. The molecule has 0 aliphatic heterocycles. The quantitative estimate of drug-likeness (QED) is 0.781. The van der Waals surface area contributed by atoms with Gasteiger partial charge < -0.3 is 5.73 Å². The molecule has 98 valence electrons. The zero-order valence-electron chi connectivity index (χ0n) is 10.9. The fourth-order valence-corrected chi connectivity index (χ4v) is 3.71. The highest BCUT2D eigenvalue weighted by Gasteiger charge is 2.28. The number of nitrogens with two attached hydrogens (primary N) is 1. The zero-order valence-corrected chi connectivity index (χ0v) is 11.7. The van der Waals surface area contributed by atoms with Crippen LogP contribution >= 0.6 is 12.2 Å². The van der Waals surface area contributed by atoms with Crippen molar-refractivity contribution in [1.82, 2.24) is 4.90 Å². The van der Waals surface area contributed by atoms with Crippen molar-refractivity contribution in [1.29, 1.82) is 0 Å². The molecule has 0 bridgehead atoms. The highest BCUT2D eigenvalue weighted by molar-refractivity contribution is 7.80. The van der Waals surface area contributed by atoms with Crippen LogP contribution in [0.5, 0.6) is 0 Å². The molecule has 3 heteroatoms. The average Bonchev–Trinajstić information content (AvgIpc) is 2.38. The van der Waals surface area contributed by atoms with Gasteiger partial charge in [0.25, 0.3) is 0 Å². The van der Waals surface area contributed by atoms with Gasteiger partial charge in [-0.3, -0.25) is 4.90 Å². The van der Waals surface area contributed by atoms with Gasteiger partial charge in [-0.1, -0.05) is 50.7 Å². The maximum atomic E-state index is 5.80. The summed E-state index contributed by atoms with van der Waals surface area (Å²) in [5.41, 5.74) is 5.80. The number of hydrogen-bond donors (Lipinski definition) is 1. The molecule has 2 rings (SSSR count). The molecule has 0 atom stereocenters. The van der Waals surface area contributed by atoms with E-state index in [1.165, 1.54) is 64.2 Å². The van der Waals surface area contributed by atoms with E-state index < -0.39 is 0 Å². The molecule has 0 unspecified atom stereocenters. The van der Waals surface area contributed by atoms with Gasteiger partial charge in [0.15, 0.2) is 0 Å².